The number of hydrogen-bond acceptors (Lipinski definition) is 3. The van der Waals surface area contributed by atoms with Crippen LogP contribution in [0.3, 0.4) is 0 Å². The molecule has 0 bridgehead atoms. The van der Waals surface area contributed by atoms with Gasteiger partial charge in [0.15, 0.2) is 5.01 Å². The lowest BCUT2D eigenvalue weighted by atomic mass is 10.2. The lowest BCUT2D eigenvalue weighted by Gasteiger charge is -2.05. The van der Waals surface area contributed by atoms with E-state index in [-0.39, 0.29) is 11.3 Å². The van der Waals surface area contributed by atoms with Crippen molar-refractivity contribution in [3.63, 3.8) is 0 Å². The first kappa shape index (κ1) is 12.0. The monoisotopic (exact) mass is 245 g/mol. The Bertz CT molecular complexity index is 377. The Morgan fingerprint density at radius 1 is 1.33 bits per heavy atom. The van der Waals surface area contributed by atoms with Crippen LogP contribution in [-0.4, -0.2) is 16.7 Å². The first-order valence-corrected chi connectivity index (χ1v) is 4.39. The molecule has 0 radical (unpaired) electrons. The fourth-order valence-corrected chi connectivity index (χ4v) is 1.53. The van der Waals surface area contributed by atoms with Crippen LogP contribution in [0.2, 0.25) is 0 Å². The summed E-state index contributed by atoms with van der Waals surface area (Å²) in [6.45, 7) is 0.322. The van der Waals surface area contributed by atoms with E-state index in [4.69, 9.17) is 0 Å². The highest BCUT2D eigenvalue weighted by atomic mass is 32.1. The van der Waals surface area contributed by atoms with Crippen molar-refractivity contribution in [1.29, 1.82) is 0 Å². The number of nitrogens with zero attached hydrogens (tertiary/aromatic N) is 1. The molecule has 1 aromatic rings. The maximum atomic E-state index is 12.5. The van der Waals surface area contributed by atoms with Crippen LogP contribution in [0.15, 0.2) is 6.20 Å². The molecule has 0 aliphatic heterocycles. The van der Waals surface area contributed by atoms with Gasteiger partial charge in [0.05, 0.1) is 4.88 Å². The van der Waals surface area contributed by atoms with Crippen LogP contribution in [0, 0.1) is 0 Å². The molecule has 0 aliphatic rings. The number of thiazole rings is 1. The molecule has 0 saturated carbocycles. The number of hydrogen-bond donors (Lipinski definition) is 0. The van der Waals surface area contributed by atoms with Gasteiger partial charge in [0, 0.05) is 13.1 Å². The molecule has 8 heteroatoms. The van der Waals surface area contributed by atoms with Crippen molar-refractivity contribution in [2.75, 3.05) is 0 Å². The fraction of sp³-hybridized carbons (Fsp3) is 0.429. The van der Waals surface area contributed by atoms with E-state index in [9.17, 15) is 26.7 Å². The van der Waals surface area contributed by atoms with E-state index >= 15 is 0 Å². The summed E-state index contributed by atoms with van der Waals surface area (Å²) in [5.41, 5.74) is 0. The number of alkyl halides is 5. The van der Waals surface area contributed by atoms with Gasteiger partial charge in [-0.3, -0.25) is 4.79 Å². The standard InChI is InChI=1S/C7H4F5NOS/c1-6(8,9)4(14)3-2-13-5(15-3)7(10,11)12/h2H,1H3. The number of Topliss-reactive ketones (excluding diaryl/α,β-unsaturated/α-hetero) is 1. The molecule has 1 heterocycles. The first-order chi connectivity index (χ1) is 6.62. The second-order valence-electron chi connectivity index (χ2n) is 2.74. The SMILES string of the molecule is CC(F)(F)C(=O)c1cnc(C(F)(F)F)s1. The van der Waals surface area contributed by atoms with Gasteiger partial charge in [-0.1, -0.05) is 0 Å². The van der Waals surface area contributed by atoms with Crippen molar-refractivity contribution in [2.45, 2.75) is 19.0 Å². The van der Waals surface area contributed by atoms with E-state index in [1.54, 1.807) is 0 Å². The van der Waals surface area contributed by atoms with Crippen LogP contribution < -0.4 is 0 Å². The van der Waals surface area contributed by atoms with Crippen LogP contribution in [-0.2, 0) is 6.18 Å². The number of ketones is 1. The van der Waals surface area contributed by atoms with Gasteiger partial charge in [-0.2, -0.15) is 22.0 Å². The predicted octanol–water partition coefficient (Wildman–Crippen LogP) is 3.00. The topological polar surface area (TPSA) is 30.0 Å². The molecule has 0 unspecified atom stereocenters. The Kier molecular flexibility index (Phi) is 2.81. The van der Waals surface area contributed by atoms with E-state index in [2.05, 4.69) is 4.98 Å². The normalized spacial score (nSPS) is 12.9. The summed E-state index contributed by atoms with van der Waals surface area (Å²) in [6, 6.07) is 0. The quantitative estimate of drug-likeness (QED) is 0.592. The second kappa shape index (κ2) is 3.51. The van der Waals surface area contributed by atoms with Crippen molar-refractivity contribution in [2.24, 2.45) is 0 Å². The minimum Gasteiger partial charge on any atom is -0.286 e. The third-order valence-corrected chi connectivity index (χ3v) is 2.41. The maximum absolute atomic E-state index is 12.5. The molecule has 0 N–H and O–H groups in total. The summed E-state index contributed by atoms with van der Waals surface area (Å²) in [7, 11) is 0. The summed E-state index contributed by atoms with van der Waals surface area (Å²) in [6.07, 6.45) is -4.21. The number of carbonyl (C=O) groups is 1. The third-order valence-electron chi connectivity index (χ3n) is 1.37. The van der Waals surface area contributed by atoms with E-state index in [0.29, 0.717) is 13.1 Å². The summed E-state index contributed by atoms with van der Waals surface area (Å²) in [5, 5.41) is -1.31. The molecular weight excluding hydrogens is 241 g/mol. The lowest BCUT2D eigenvalue weighted by Crippen LogP contribution is -2.23. The summed E-state index contributed by atoms with van der Waals surface area (Å²) in [4.78, 5) is 13.0. The zero-order chi connectivity index (χ0) is 11.9. The first-order valence-electron chi connectivity index (χ1n) is 3.58. The number of halogens is 5. The number of aromatic nitrogens is 1. The molecule has 0 aromatic carbocycles. The highest BCUT2D eigenvalue weighted by molar-refractivity contribution is 7.13. The lowest BCUT2D eigenvalue weighted by molar-refractivity contribution is -0.137. The van der Waals surface area contributed by atoms with Gasteiger partial charge in [-0.05, 0) is 0 Å². The Labute approximate surface area is 84.7 Å². The van der Waals surface area contributed by atoms with E-state index in [1.165, 1.54) is 0 Å². The van der Waals surface area contributed by atoms with Crippen LogP contribution in [0.5, 0.6) is 0 Å². The minimum atomic E-state index is -4.72. The van der Waals surface area contributed by atoms with Crippen LogP contribution in [0.1, 0.15) is 21.6 Å². The average Bonchev–Trinajstić information content (AvgIpc) is 2.47. The molecule has 2 nitrogen and oxygen atoms in total. The summed E-state index contributed by atoms with van der Waals surface area (Å²) in [5.74, 6) is -5.34. The molecule has 1 aromatic heterocycles. The third kappa shape index (κ3) is 2.71. The Balaban J connectivity index is 3.01. The van der Waals surface area contributed by atoms with Crippen molar-refractivity contribution in [1.82, 2.24) is 4.98 Å². The van der Waals surface area contributed by atoms with Crippen molar-refractivity contribution in [3.05, 3.63) is 16.1 Å². The molecule has 0 saturated heterocycles. The molecule has 0 atom stereocenters. The van der Waals surface area contributed by atoms with Gasteiger partial charge in [-0.15, -0.1) is 11.3 Å². The second-order valence-corrected chi connectivity index (χ2v) is 3.78. The van der Waals surface area contributed by atoms with Crippen LogP contribution in [0.25, 0.3) is 0 Å². The molecule has 0 amide bonds. The molecule has 0 fully saturated rings. The zero-order valence-corrected chi connectivity index (χ0v) is 8.05. The molecule has 15 heavy (non-hydrogen) atoms. The molecule has 0 spiro atoms. The Hall–Kier alpha value is -1.05. The van der Waals surface area contributed by atoms with Crippen LogP contribution >= 0.6 is 11.3 Å². The molecule has 0 aliphatic carbocycles. The van der Waals surface area contributed by atoms with Gasteiger partial charge in [0.25, 0.3) is 0 Å². The van der Waals surface area contributed by atoms with Gasteiger partial charge >= 0.3 is 12.1 Å². The van der Waals surface area contributed by atoms with Crippen molar-refractivity contribution >= 4 is 17.1 Å². The highest BCUT2D eigenvalue weighted by Crippen LogP contribution is 2.34. The van der Waals surface area contributed by atoms with Crippen molar-refractivity contribution in [3.8, 4) is 0 Å². The van der Waals surface area contributed by atoms with E-state index in [0.717, 1.165) is 0 Å². The van der Waals surface area contributed by atoms with Gasteiger partial charge in [0.1, 0.15) is 0 Å². The van der Waals surface area contributed by atoms with Crippen LogP contribution in [0.4, 0.5) is 22.0 Å². The Morgan fingerprint density at radius 2 is 1.87 bits per heavy atom. The maximum Gasteiger partial charge on any atom is 0.443 e. The number of rotatable bonds is 2. The summed E-state index contributed by atoms with van der Waals surface area (Å²) < 4.78 is 60.9. The fourth-order valence-electron chi connectivity index (χ4n) is 0.726. The Morgan fingerprint density at radius 3 is 2.20 bits per heavy atom. The van der Waals surface area contributed by atoms with Gasteiger partial charge < -0.3 is 0 Å². The largest absolute Gasteiger partial charge is 0.443 e. The predicted molar refractivity (Wildman–Crippen MR) is 42.1 cm³/mol. The molecular formula is C7H4F5NOS. The summed E-state index contributed by atoms with van der Waals surface area (Å²) >= 11 is -0.0909. The minimum absolute atomic E-state index is 0.0909. The van der Waals surface area contributed by atoms with E-state index < -0.39 is 27.8 Å². The molecule has 84 valence electrons. The molecule has 1 rings (SSSR count). The van der Waals surface area contributed by atoms with E-state index in [1.807, 2.05) is 0 Å². The van der Waals surface area contributed by atoms with Gasteiger partial charge in [0.2, 0.25) is 5.78 Å². The smallest absolute Gasteiger partial charge is 0.286 e. The zero-order valence-electron chi connectivity index (χ0n) is 7.23. The van der Waals surface area contributed by atoms with Gasteiger partial charge in [-0.25, -0.2) is 4.98 Å². The number of carbonyl (C=O) groups excluding carboxylic acids is 1. The highest BCUT2D eigenvalue weighted by Gasteiger charge is 2.39. The average molecular weight is 245 g/mol. The van der Waals surface area contributed by atoms with Crippen molar-refractivity contribution < 1.29 is 26.7 Å².